The van der Waals surface area contributed by atoms with E-state index in [4.69, 9.17) is 14.2 Å². The van der Waals surface area contributed by atoms with Crippen molar-refractivity contribution in [3.8, 4) is 5.75 Å². The van der Waals surface area contributed by atoms with Gasteiger partial charge in [0.05, 0.1) is 19.8 Å². The lowest BCUT2D eigenvalue weighted by atomic mass is 9.95. The third kappa shape index (κ3) is 8.62. The molecule has 0 bridgehead atoms. The molecule has 1 saturated heterocycles. The molecule has 1 aliphatic heterocycles. The number of aryl methyl sites for hydroxylation is 1. The van der Waals surface area contributed by atoms with Crippen LogP contribution in [0.2, 0.25) is 0 Å². The Morgan fingerprint density at radius 1 is 1.18 bits per heavy atom. The smallest absolute Gasteiger partial charge is 0.340 e. The number of unbranched alkanes of at least 4 members (excludes halogenated alkanes) is 5. The molecule has 0 spiro atoms. The summed E-state index contributed by atoms with van der Waals surface area (Å²) in [4.78, 5) is 23.2. The zero-order chi connectivity index (χ0) is 23.5. The van der Waals surface area contributed by atoms with Gasteiger partial charge in [-0.25, -0.2) is 4.79 Å². The molecule has 1 aliphatic carbocycles. The maximum Gasteiger partial charge on any atom is 0.340 e. The summed E-state index contributed by atoms with van der Waals surface area (Å²) in [5.74, 6) is 1.44. The predicted octanol–water partition coefficient (Wildman–Crippen LogP) is 5.84. The molecule has 1 aromatic carbocycles. The molecule has 182 valence electrons. The van der Waals surface area contributed by atoms with E-state index in [1.54, 1.807) is 0 Å². The van der Waals surface area contributed by atoms with Crippen molar-refractivity contribution in [1.82, 2.24) is 0 Å². The second kappa shape index (κ2) is 12.9. The molecule has 5 nitrogen and oxygen atoms in total. The molecule has 3 atom stereocenters. The van der Waals surface area contributed by atoms with Crippen LogP contribution in [-0.4, -0.2) is 37.7 Å². The van der Waals surface area contributed by atoms with Gasteiger partial charge in [0.1, 0.15) is 12.0 Å². The summed E-state index contributed by atoms with van der Waals surface area (Å²) >= 11 is 0. The number of aldehydes is 1. The van der Waals surface area contributed by atoms with Gasteiger partial charge in [0, 0.05) is 5.92 Å². The second-order valence-corrected chi connectivity index (χ2v) is 9.60. The average molecular weight is 457 g/mol. The van der Waals surface area contributed by atoms with Crippen molar-refractivity contribution in [2.45, 2.75) is 83.2 Å². The molecule has 1 saturated carbocycles. The molecule has 2 aliphatic rings. The molecule has 0 radical (unpaired) electrons. The molecular formula is C28H40O5. The predicted molar refractivity (Wildman–Crippen MR) is 129 cm³/mol. The topological polar surface area (TPSA) is 65.1 Å². The number of epoxide rings is 1. The molecule has 3 rings (SSSR count). The molecule has 0 aromatic heterocycles. The number of rotatable bonds is 18. The quantitative estimate of drug-likeness (QED) is 0.0912. The number of ether oxygens (including phenoxy) is 3. The van der Waals surface area contributed by atoms with Crippen LogP contribution in [0.5, 0.6) is 5.75 Å². The molecule has 1 heterocycles. The summed E-state index contributed by atoms with van der Waals surface area (Å²) < 4.78 is 16.3. The third-order valence-electron chi connectivity index (χ3n) is 6.82. The van der Waals surface area contributed by atoms with Gasteiger partial charge in [-0.15, -0.1) is 0 Å². The Bertz CT molecular complexity index is 765. The van der Waals surface area contributed by atoms with Crippen molar-refractivity contribution < 1.29 is 23.8 Å². The largest absolute Gasteiger partial charge is 0.494 e. The minimum Gasteiger partial charge on any atom is -0.494 e. The lowest BCUT2D eigenvalue weighted by molar-refractivity contribution is -0.149. The van der Waals surface area contributed by atoms with Gasteiger partial charge in [-0.1, -0.05) is 50.0 Å². The van der Waals surface area contributed by atoms with Crippen molar-refractivity contribution in [3.63, 3.8) is 0 Å². The highest BCUT2D eigenvalue weighted by atomic mass is 16.6. The molecule has 3 unspecified atom stereocenters. The van der Waals surface area contributed by atoms with Crippen molar-refractivity contribution in [1.29, 1.82) is 0 Å². The number of hydrogen-bond donors (Lipinski definition) is 0. The minimum atomic E-state index is -0.623. The fourth-order valence-corrected chi connectivity index (χ4v) is 4.34. The van der Waals surface area contributed by atoms with E-state index in [0.717, 1.165) is 76.4 Å². The highest BCUT2D eigenvalue weighted by molar-refractivity contribution is 5.82. The zero-order valence-corrected chi connectivity index (χ0v) is 20.2. The van der Waals surface area contributed by atoms with Crippen LogP contribution >= 0.6 is 0 Å². The SMILES string of the molecule is C=C1CC1CC(C=O)CCc1ccc(OCCCCCCCCC2(C(=O)OCC)CO2)cc1. The number of esters is 1. The monoisotopic (exact) mass is 456 g/mol. The summed E-state index contributed by atoms with van der Waals surface area (Å²) in [6, 6.07) is 8.29. The summed E-state index contributed by atoms with van der Waals surface area (Å²) in [7, 11) is 0. The zero-order valence-electron chi connectivity index (χ0n) is 20.2. The first-order valence-corrected chi connectivity index (χ1v) is 12.7. The molecular weight excluding hydrogens is 416 g/mol. The first kappa shape index (κ1) is 25.5. The second-order valence-electron chi connectivity index (χ2n) is 9.60. The third-order valence-corrected chi connectivity index (χ3v) is 6.82. The number of benzene rings is 1. The van der Waals surface area contributed by atoms with E-state index in [1.807, 2.05) is 19.1 Å². The fourth-order valence-electron chi connectivity index (χ4n) is 4.34. The van der Waals surface area contributed by atoms with E-state index in [9.17, 15) is 9.59 Å². The maximum atomic E-state index is 11.8. The number of hydrogen-bond acceptors (Lipinski definition) is 5. The van der Waals surface area contributed by atoms with Crippen molar-refractivity contribution in [2.75, 3.05) is 19.8 Å². The normalized spacial score (nSPS) is 22.0. The van der Waals surface area contributed by atoms with Gasteiger partial charge in [0.25, 0.3) is 0 Å². The summed E-state index contributed by atoms with van der Waals surface area (Å²) in [5.41, 5.74) is 1.93. The summed E-state index contributed by atoms with van der Waals surface area (Å²) in [6.45, 7) is 7.48. The molecule has 0 N–H and O–H groups in total. The number of allylic oxidation sites excluding steroid dienone is 1. The Morgan fingerprint density at radius 2 is 1.85 bits per heavy atom. The number of carbonyl (C=O) groups excluding carboxylic acids is 2. The minimum absolute atomic E-state index is 0.144. The van der Waals surface area contributed by atoms with Crippen LogP contribution in [0.4, 0.5) is 0 Å². The van der Waals surface area contributed by atoms with Crippen molar-refractivity contribution in [3.05, 3.63) is 42.0 Å². The van der Waals surface area contributed by atoms with E-state index in [1.165, 1.54) is 24.0 Å². The van der Waals surface area contributed by atoms with Crippen LogP contribution in [0.25, 0.3) is 0 Å². The van der Waals surface area contributed by atoms with E-state index in [0.29, 0.717) is 19.1 Å². The van der Waals surface area contributed by atoms with Crippen LogP contribution in [0, 0.1) is 11.8 Å². The molecule has 5 heteroatoms. The van der Waals surface area contributed by atoms with Gasteiger partial charge in [-0.05, 0) is 75.5 Å². The van der Waals surface area contributed by atoms with Crippen LogP contribution in [0.3, 0.4) is 0 Å². The Hall–Kier alpha value is -2.14. The maximum absolute atomic E-state index is 11.8. The van der Waals surface area contributed by atoms with Gasteiger partial charge in [0.15, 0.2) is 5.60 Å². The van der Waals surface area contributed by atoms with Gasteiger partial charge >= 0.3 is 5.97 Å². The van der Waals surface area contributed by atoms with Crippen LogP contribution in [0.15, 0.2) is 36.4 Å². The number of carbonyl (C=O) groups is 2. The lowest BCUT2D eigenvalue weighted by Crippen LogP contribution is -2.27. The van der Waals surface area contributed by atoms with Crippen molar-refractivity contribution >= 4 is 12.3 Å². The highest BCUT2D eigenvalue weighted by Gasteiger charge is 2.52. The van der Waals surface area contributed by atoms with Crippen LogP contribution < -0.4 is 4.74 Å². The molecule has 0 amide bonds. The van der Waals surface area contributed by atoms with E-state index < -0.39 is 5.60 Å². The van der Waals surface area contributed by atoms with Gasteiger partial charge < -0.3 is 19.0 Å². The highest BCUT2D eigenvalue weighted by Crippen LogP contribution is 2.41. The summed E-state index contributed by atoms with van der Waals surface area (Å²) in [6.07, 6.45) is 12.5. The lowest BCUT2D eigenvalue weighted by Gasteiger charge is -2.11. The Balaban J connectivity index is 1.18. The molecule has 1 aromatic rings. The van der Waals surface area contributed by atoms with Gasteiger partial charge in [0.2, 0.25) is 0 Å². The van der Waals surface area contributed by atoms with E-state index >= 15 is 0 Å². The first-order valence-electron chi connectivity index (χ1n) is 12.7. The Morgan fingerprint density at radius 3 is 2.45 bits per heavy atom. The first-order chi connectivity index (χ1) is 16.1. The summed E-state index contributed by atoms with van der Waals surface area (Å²) in [5, 5.41) is 0. The van der Waals surface area contributed by atoms with E-state index in [-0.39, 0.29) is 11.9 Å². The van der Waals surface area contributed by atoms with Crippen molar-refractivity contribution in [2.24, 2.45) is 11.8 Å². The fraction of sp³-hybridized carbons (Fsp3) is 0.643. The van der Waals surface area contributed by atoms with Gasteiger partial charge in [-0.3, -0.25) is 0 Å². The standard InChI is InChI=1S/C28H40O5/c1-3-31-27(30)28(21-33-28)16-8-6-4-5-7-9-17-32-26-14-12-23(13-15-26)10-11-24(20-29)19-25-18-22(25)2/h12-15,20,24-25H,2-11,16-19,21H2,1H3. The molecule has 33 heavy (non-hydrogen) atoms. The van der Waals surface area contributed by atoms with Gasteiger partial charge in [-0.2, -0.15) is 0 Å². The Labute approximate surface area is 198 Å². The van der Waals surface area contributed by atoms with Crippen LogP contribution in [0.1, 0.15) is 76.7 Å². The van der Waals surface area contributed by atoms with Crippen LogP contribution in [-0.2, 0) is 25.5 Å². The molecule has 2 fully saturated rings. The average Bonchev–Trinajstić information content (AvgIpc) is 3.74. The van der Waals surface area contributed by atoms with E-state index in [2.05, 4.69) is 18.7 Å². The Kier molecular flexibility index (Phi) is 9.98.